The van der Waals surface area contributed by atoms with E-state index >= 15 is 0 Å². The Morgan fingerprint density at radius 1 is 1.00 bits per heavy atom. The van der Waals surface area contributed by atoms with E-state index < -0.39 is 0 Å². The van der Waals surface area contributed by atoms with Crippen molar-refractivity contribution in [2.75, 3.05) is 26.3 Å². The molecule has 126 valence electrons. The molecule has 0 saturated carbocycles. The minimum Gasteiger partial charge on any atom is -0.379 e. The smallest absolute Gasteiger partial charge is 0.251 e. The van der Waals surface area contributed by atoms with Crippen molar-refractivity contribution in [1.29, 1.82) is 0 Å². The van der Waals surface area contributed by atoms with Crippen LogP contribution >= 0.6 is 0 Å². The zero-order valence-electron chi connectivity index (χ0n) is 13.5. The molecule has 0 aromatic heterocycles. The topological polar surface area (TPSA) is 41.6 Å². The predicted octanol–water partition coefficient (Wildman–Crippen LogP) is 2.59. The number of ether oxygens (including phenoxy) is 1. The second kappa shape index (κ2) is 8.04. The van der Waals surface area contributed by atoms with Gasteiger partial charge >= 0.3 is 0 Å². The van der Waals surface area contributed by atoms with Crippen LogP contribution < -0.4 is 5.32 Å². The largest absolute Gasteiger partial charge is 0.379 e. The van der Waals surface area contributed by atoms with Crippen molar-refractivity contribution >= 4 is 5.91 Å². The summed E-state index contributed by atoms with van der Waals surface area (Å²) in [6, 6.07) is 13.8. The third-order valence-electron chi connectivity index (χ3n) is 4.09. The molecule has 24 heavy (non-hydrogen) atoms. The molecule has 1 amide bonds. The SMILES string of the molecule is O=C(NCc1ccc(F)cc1)c1ccc(CN2CCOCC2)cc1. The lowest BCUT2D eigenvalue weighted by Gasteiger charge is -2.26. The molecule has 3 rings (SSSR count). The van der Waals surface area contributed by atoms with Crippen molar-refractivity contribution in [1.82, 2.24) is 10.2 Å². The highest BCUT2D eigenvalue weighted by Crippen LogP contribution is 2.10. The summed E-state index contributed by atoms with van der Waals surface area (Å²) in [5.41, 5.74) is 2.68. The Hall–Kier alpha value is -2.24. The average molecular weight is 328 g/mol. The van der Waals surface area contributed by atoms with Gasteiger partial charge in [0.15, 0.2) is 0 Å². The van der Waals surface area contributed by atoms with E-state index in [-0.39, 0.29) is 11.7 Å². The highest BCUT2D eigenvalue weighted by Gasteiger charge is 2.11. The van der Waals surface area contributed by atoms with Crippen molar-refractivity contribution < 1.29 is 13.9 Å². The Labute approximate surface area is 141 Å². The van der Waals surface area contributed by atoms with Gasteiger partial charge < -0.3 is 10.1 Å². The van der Waals surface area contributed by atoms with Crippen LogP contribution in [0, 0.1) is 5.82 Å². The van der Waals surface area contributed by atoms with Crippen LogP contribution in [0.25, 0.3) is 0 Å². The van der Waals surface area contributed by atoms with E-state index in [9.17, 15) is 9.18 Å². The molecule has 2 aromatic rings. The number of nitrogens with zero attached hydrogens (tertiary/aromatic N) is 1. The summed E-state index contributed by atoms with van der Waals surface area (Å²) in [5.74, 6) is -0.404. The van der Waals surface area contributed by atoms with Crippen molar-refractivity contribution in [3.8, 4) is 0 Å². The van der Waals surface area contributed by atoms with Gasteiger partial charge in [0.2, 0.25) is 0 Å². The Bertz CT molecular complexity index is 665. The molecule has 0 bridgehead atoms. The molecule has 0 radical (unpaired) electrons. The molecule has 1 N–H and O–H groups in total. The fraction of sp³-hybridized carbons (Fsp3) is 0.316. The molecule has 2 aromatic carbocycles. The summed E-state index contributed by atoms with van der Waals surface area (Å²) >= 11 is 0. The van der Waals surface area contributed by atoms with E-state index in [1.807, 2.05) is 24.3 Å². The van der Waals surface area contributed by atoms with E-state index in [4.69, 9.17) is 4.74 Å². The lowest BCUT2D eigenvalue weighted by Crippen LogP contribution is -2.35. The van der Waals surface area contributed by atoms with E-state index in [0.29, 0.717) is 12.1 Å². The number of benzene rings is 2. The minimum absolute atomic E-state index is 0.128. The lowest BCUT2D eigenvalue weighted by atomic mass is 10.1. The van der Waals surface area contributed by atoms with Gasteiger partial charge in [0.1, 0.15) is 5.82 Å². The highest BCUT2D eigenvalue weighted by molar-refractivity contribution is 5.94. The van der Waals surface area contributed by atoms with Crippen LogP contribution in [-0.4, -0.2) is 37.1 Å². The zero-order valence-corrected chi connectivity index (χ0v) is 13.5. The second-order valence-electron chi connectivity index (χ2n) is 5.89. The fourth-order valence-corrected chi connectivity index (χ4v) is 2.67. The van der Waals surface area contributed by atoms with Crippen LogP contribution in [0.1, 0.15) is 21.5 Å². The molecule has 0 spiro atoms. The minimum atomic E-state index is -0.277. The molecule has 0 atom stereocenters. The van der Waals surface area contributed by atoms with Gasteiger partial charge in [0.25, 0.3) is 5.91 Å². The third kappa shape index (κ3) is 4.63. The number of hydrogen-bond donors (Lipinski definition) is 1. The van der Waals surface area contributed by atoms with Crippen LogP contribution in [0.4, 0.5) is 4.39 Å². The zero-order chi connectivity index (χ0) is 16.8. The summed E-state index contributed by atoms with van der Waals surface area (Å²) < 4.78 is 18.2. The Morgan fingerprint density at radius 3 is 2.29 bits per heavy atom. The molecular formula is C19H21FN2O2. The number of amides is 1. The van der Waals surface area contributed by atoms with Crippen molar-refractivity contribution in [3.63, 3.8) is 0 Å². The predicted molar refractivity (Wildman–Crippen MR) is 90.1 cm³/mol. The van der Waals surface area contributed by atoms with Crippen molar-refractivity contribution in [3.05, 3.63) is 71.0 Å². The van der Waals surface area contributed by atoms with Gasteiger partial charge in [-0.15, -0.1) is 0 Å². The van der Waals surface area contributed by atoms with Gasteiger partial charge in [-0.3, -0.25) is 9.69 Å². The van der Waals surface area contributed by atoms with Gasteiger partial charge in [-0.25, -0.2) is 4.39 Å². The number of nitrogens with one attached hydrogen (secondary N) is 1. The standard InChI is InChI=1S/C19H21FN2O2/c20-18-7-3-15(4-8-18)13-21-19(23)17-5-1-16(2-6-17)14-22-9-11-24-12-10-22/h1-8H,9-14H2,(H,21,23). The normalized spacial score (nSPS) is 15.2. The average Bonchev–Trinajstić information content (AvgIpc) is 2.62. The molecular weight excluding hydrogens is 307 g/mol. The third-order valence-corrected chi connectivity index (χ3v) is 4.09. The molecule has 1 fully saturated rings. The van der Waals surface area contributed by atoms with E-state index in [2.05, 4.69) is 10.2 Å². The first kappa shape index (κ1) is 16.6. The van der Waals surface area contributed by atoms with Gasteiger partial charge in [0, 0.05) is 31.7 Å². The number of halogens is 1. The summed E-state index contributed by atoms with van der Waals surface area (Å²) in [6.07, 6.45) is 0. The molecule has 5 heteroatoms. The van der Waals surface area contributed by atoms with Crippen LogP contribution in [-0.2, 0) is 17.8 Å². The van der Waals surface area contributed by atoms with Crippen LogP contribution in [0.5, 0.6) is 0 Å². The Morgan fingerprint density at radius 2 is 1.62 bits per heavy atom. The first-order valence-corrected chi connectivity index (χ1v) is 8.12. The summed E-state index contributed by atoms with van der Waals surface area (Å²) in [5, 5.41) is 2.85. The molecule has 0 unspecified atom stereocenters. The van der Waals surface area contributed by atoms with Crippen LogP contribution in [0.15, 0.2) is 48.5 Å². The number of morpholine rings is 1. The molecule has 1 saturated heterocycles. The van der Waals surface area contributed by atoms with Gasteiger partial charge in [-0.1, -0.05) is 24.3 Å². The van der Waals surface area contributed by atoms with Gasteiger partial charge in [-0.05, 0) is 35.4 Å². The van der Waals surface area contributed by atoms with E-state index in [1.165, 1.54) is 17.7 Å². The van der Waals surface area contributed by atoms with Gasteiger partial charge in [0.05, 0.1) is 13.2 Å². The maximum Gasteiger partial charge on any atom is 0.251 e. The van der Waals surface area contributed by atoms with E-state index in [1.54, 1.807) is 12.1 Å². The molecule has 4 nitrogen and oxygen atoms in total. The monoisotopic (exact) mass is 328 g/mol. The molecule has 1 heterocycles. The second-order valence-corrected chi connectivity index (χ2v) is 5.89. The first-order valence-electron chi connectivity index (χ1n) is 8.12. The number of rotatable bonds is 5. The van der Waals surface area contributed by atoms with Crippen molar-refractivity contribution in [2.24, 2.45) is 0 Å². The number of hydrogen-bond acceptors (Lipinski definition) is 3. The van der Waals surface area contributed by atoms with Crippen molar-refractivity contribution in [2.45, 2.75) is 13.1 Å². The maximum atomic E-state index is 12.9. The molecule has 1 aliphatic rings. The number of carbonyl (C=O) groups excluding carboxylic acids is 1. The van der Waals surface area contributed by atoms with E-state index in [0.717, 1.165) is 38.4 Å². The molecule has 0 aliphatic carbocycles. The fourth-order valence-electron chi connectivity index (χ4n) is 2.67. The van der Waals surface area contributed by atoms with Crippen LogP contribution in [0.2, 0.25) is 0 Å². The summed E-state index contributed by atoms with van der Waals surface area (Å²) in [7, 11) is 0. The maximum absolute atomic E-state index is 12.9. The highest BCUT2D eigenvalue weighted by atomic mass is 19.1. The molecule has 1 aliphatic heterocycles. The first-order chi connectivity index (χ1) is 11.7. The lowest BCUT2D eigenvalue weighted by molar-refractivity contribution is 0.0342. The Balaban J connectivity index is 1.52. The number of carbonyl (C=O) groups is 1. The summed E-state index contributed by atoms with van der Waals surface area (Å²) in [6.45, 7) is 4.71. The Kier molecular flexibility index (Phi) is 5.56. The van der Waals surface area contributed by atoms with Crippen LogP contribution in [0.3, 0.4) is 0 Å². The summed E-state index contributed by atoms with van der Waals surface area (Å²) in [4.78, 5) is 14.5. The van der Waals surface area contributed by atoms with Gasteiger partial charge in [-0.2, -0.15) is 0 Å². The quantitative estimate of drug-likeness (QED) is 0.917.